The number of rotatable bonds is 5. The summed E-state index contributed by atoms with van der Waals surface area (Å²) >= 11 is 0. The molecule has 0 amide bonds. The van der Waals surface area contributed by atoms with Gasteiger partial charge in [-0.25, -0.2) is 0 Å². The smallest absolute Gasteiger partial charge is 0.140 e. The molecule has 1 N–H and O–H groups in total. The summed E-state index contributed by atoms with van der Waals surface area (Å²) < 4.78 is 7.27. The van der Waals surface area contributed by atoms with E-state index in [1.807, 2.05) is 6.33 Å². The van der Waals surface area contributed by atoms with Gasteiger partial charge in [0.25, 0.3) is 0 Å². The molecule has 17 heavy (non-hydrogen) atoms. The van der Waals surface area contributed by atoms with Crippen molar-refractivity contribution in [1.82, 2.24) is 20.1 Å². The van der Waals surface area contributed by atoms with Gasteiger partial charge in [0, 0.05) is 25.6 Å². The highest BCUT2D eigenvalue weighted by molar-refractivity contribution is 5.14. The molecular weight excluding hydrogens is 216 g/mol. The third kappa shape index (κ3) is 2.21. The molecule has 0 spiro atoms. The molecule has 1 aromatic rings. The van der Waals surface area contributed by atoms with Gasteiger partial charge in [0.2, 0.25) is 0 Å². The van der Waals surface area contributed by atoms with Crippen molar-refractivity contribution in [3.8, 4) is 0 Å². The third-order valence-electron chi connectivity index (χ3n) is 3.89. The van der Waals surface area contributed by atoms with Gasteiger partial charge in [-0.2, -0.15) is 0 Å². The summed E-state index contributed by atoms with van der Waals surface area (Å²) in [6, 6.07) is 0. The van der Waals surface area contributed by atoms with Gasteiger partial charge in [-0.1, -0.05) is 13.8 Å². The summed E-state index contributed by atoms with van der Waals surface area (Å²) in [6.07, 6.45) is 2.95. The van der Waals surface area contributed by atoms with E-state index >= 15 is 0 Å². The molecule has 0 saturated carbocycles. The van der Waals surface area contributed by atoms with E-state index < -0.39 is 0 Å². The predicted molar refractivity (Wildman–Crippen MR) is 65.9 cm³/mol. The zero-order valence-electron chi connectivity index (χ0n) is 10.9. The lowest BCUT2D eigenvalue weighted by molar-refractivity contribution is 0.182. The number of methoxy groups -OCH3 is 1. The third-order valence-corrected chi connectivity index (χ3v) is 3.89. The predicted octanol–water partition coefficient (Wildman–Crippen LogP) is 0.812. The molecule has 96 valence electrons. The maximum atomic E-state index is 5.13. The minimum atomic E-state index is 0.129. The normalized spacial score (nSPS) is 24.7. The van der Waals surface area contributed by atoms with Gasteiger partial charge in [0.1, 0.15) is 12.2 Å². The Hall–Kier alpha value is -0.940. The molecule has 1 aromatic heterocycles. The van der Waals surface area contributed by atoms with Gasteiger partial charge in [-0.3, -0.25) is 0 Å². The summed E-state index contributed by atoms with van der Waals surface area (Å²) in [5.41, 5.74) is 0.129. The van der Waals surface area contributed by atoms with Crippen LogP contribution >= 0.6 is 0 Å². The fourth-order valence-corrected chi connectivity index (χ4v) is 2.65. The summed E-state index contributed by atoms with van der Waals surface area (Å²) in [5, 5.41) is 11.9. The van der Waals surface area contributed by atoms with Crippen LogP contribution in [0.3, 0.4) is 0 Å². The zero-order valence-corrected chi connectivity index (χ0v) is 10.9. The Morgan fingerprint density at radius 3 is 3.00 bits per heavy atom. The van der Waals surface area contributed by atoms with Crippen molar-refractivity contribution in [2.75, 3.05) is 26.8 Å². The standard InChI is InChI=1S/C12H22N4O/c1-10(2)12(4-5-13-8-12)11-15-14-9-16(11)6-7-17-3/h9-10,13H,4-8H2,1-3H3. The second-order valence-electron chi connectivity index (χ2n) is 5.08. The molecule has 5 nitrogen and oxygen atoms in total. The molecule has 0 aromatic carbocycles. The molecule has 1 saturated heterocycles. The van der Waals surface area contributed by atoms with Gasteiger partial charge in [0.15, 0.2) is 0 Å². The average molecular weight is 238 g/mol. The highest BCUT2D eigenvalue weighted by Gasteiger charge is 2.42. The lowest BCUT2D eigenvalue weighted by atomic mass is 9.75. The minimum Gasteiger partial charge on any atom is -0.383 e. The van der Waals surface area contributed by atoms with E-state index in [1.165, 1.54) is 0 Å². The first-order chi connectivity index (χ1) is 8.20. The largest absolute Gasteiger partial charge is 0.383 e. The fraction of sp³-hybridized carbons (Fsp3) is 0.833. The van der Waals surface area contributed by atoms with Crippen LogP contribution < -0.4 is 5.32 Å². The minimum absolute atomic E-state index is 0.129. The van der Waals surface area contributed by atoms with Gasteiger partial charge in [-0.05, 0) is 18.9 Å². The Balaban J connectivity index is 2.27. The first kappa shape index (κ1) is 12.5. The van der Waals surface area contributed by atoms with Crippen molar-refractivity contribution >= 4 is 0 Å². The summed E-state index contributed by atoms with van der Waals surface area (Å²) in [7, 11) is 1.72. The summed E-state index contributed by atoms with van der Waals surface area (Å²) in [5.74, 6) is 1.66. The topological polar surface area (TPSA) is 52.0 Å². The number of ether oxygens (including phenoxy) is 1. The highest BCUT2D eigenvalue weighted by atomic mass is 16.5. The Morgan fingerprint density at radius 2 is 2.41 bits per heavy atom. The second kappa shape index (κ2) is 5.14. The van der Waals surface area contributed by atoms with Crippen molar-refractivity contribution in [1.29, 1.82) is 0 Å². The van der Waals surface area contributed by atoms with Gasteiger partial charge >= 0.3 is 0 Å². The van der Waals surface area contributed by atoms with E-state index in [9.17, 15) is 0 Å². The van der Waals surface area contributed by atoms with Crippen LogP contribution in [0, 0.1) is 5.92 Å². The summed E-state index contributed by atoms with van der Waals surface area (Å²) in [6.45, 7) is 8.12. The van der Waals surface area contributed by atoms with Crippen molar-refractivity contribution in [3.05, 3.63) is 12.2 Å². The molecule has 1 atom stereocenters. The molecule has 5 heteroatoms. The van der Waals surface area contributed by atoms with Crippen LogP contribution in [-0.2, 0) is 16.7 Å². The molecular formula is C12H22N4O. The van der Waals surface area contributed by atoms with E-state index in [0.717, 1.165) is 31.9 Å². The van der Waals surface area contributed by atoms with Crippen LogP contribution in [-0.4, -0.2) is 41.6 Å². The highest BCUT2D eigenvalue weighted by Crippen LogP contribution is 2.36. The average Bonchev–Trinajstić information content (AvgIpc) is 2.95. The molecule has 1 aliphatic rings. The number of nitrogens with one attached hydrogen (secondary N) is 1. The molecule has 2 heterocycles. The van der Waals surface area contributed by atoms with E-state index in [2.05, 4.69) is 33.9 Å². The fourth-order valence-electron chi connectivity index (χ4n) is 2.65. The maximum absolute atomic E-state index is 5.13. The van der Waals surface area contributed by atoms with Crippen molar-refractivity contribution < 1.29 is 4.74 Å². The quantitative estimate of drug-likeness (QED) is 0.825. The number of hydrogen-bond acceptors (Lipinski definition) is 4. The van der Waals surface area contributed by atoms with E-state index in [1.54, 1.807) is 7.11 Å². The van der Waals surface area contributed by atoms with E-state index in [-0.39, 0.29) is 5.41 Å². The molecule has 0 radical (unpaired) electrons. The van der Waals surface area contributed by atoms with Crippen LogP contribution in [0.15, 0.2) is 6.33 Å². The Labute approximate surface area is 103 Å². The Kier molecular flexibility index (Phi) is 3.79. The lowest BCUT2D eigenvalue weighted by Gasteiger charge is -2.31. The van der Waals surface area contributed by atoms with Crippen LogP contribution in [0.5, 0.6) is 0 Å². The molecule has 0 aliphatic carbocycles. The van der Waals surface area contributed by atoms with Crippen LogP contribution in [0.2, 0.25) is 0 Å². The number of nitrogens with zero attached hydrogens (tertiary/aromatic N) is 3. The Bertz CT molecular complexity index is 355. The van der Waals surface area contributed by atoms with Crippen LogP contribution in [0.4, 0.5) is 0 Å². The molecule has 2 rings (SSSR count). The van der Waals surface area contributed by atoms with Crippen LogP contribution in [0.25, 0.3) is 0 Å². The molecule has 1 unspecified atom stereocenters. The van der Waals surface area contributed by atoms with Crippen LogP contribution in [0.1, 0.15) is 26.1 Å². The summed E-state index contributed by atoms with van der Waals surface area (Å²) in [4.78, 5) is 0. The maximum Gasteiger partial charge on any atom is 0.140 e. The first-order valence-corrected chi connectivity index (χ1v) is 6.28. The van der Waals surface area contributed by atoms with E-state index in [4.69, 9.17) is 4.74 Å². The van der Waals surface area contributed by atoms with Gasteiger partial charge in [0.05, 0.1) is 6.61 Å². The lowest BCUT2D eigenvalue weighted by Crippen LogP contribution is -2.38. The number of hydrogen-bond donors (Lipinski definition) is 1. The first-order valence-electron chi connectivity index (χ1n) is 6.28. The SMILES string of the molecule is COCCn1cnnc1C1(C(C)C)CCNC1. The second-order valence-corrected chi connectivity index (χ2v) is 5.08. The molecule has 1 fully saturated rings. The zero-order chi connectivity index (χ0) is 12.3. The number of aromatic nitrogens is 3. The van der Waals surface area contributed by atoms with Crippen molar-refractivity contribution in [2.45, 2.75) is 32.2 Å². The van der Waals surface area contributed by atoms with E-state index in [0.29, 0.717) is 12.5 Å². The van der Waals surface area contributed by atoms with Crippen molar-refractivity contribution in [2.24, 2.45) is 5.92 Å². The molecule has 1 aliphatic heterocycles. The monoisotopic (exact) mass is 238 g/mol. The van der Waals surface area contributed by atoms with Crippen molar-refractivity contribution in [3.63, 3.8) is 0 Å². The Morgan fingerprint density at radius 1 is 1.59 bits per heavy atom. The molecule has 0 bridgehead atoms. The van der Waals surface area contributed by atoms with Gasteiger partial charge in [-0.15, -0.1) is 10.2 Å². The van der Waals surface area contributed by atoms with Gasteiger partial charge < -0.3 is 14.6 Å².